The molecule has 7 nitrogen and oxygen atoms in total. The Morgan fingerprint density at radius 1 is 0.833 bits per heavy atom. The fraction of sp³-hybridized carbons (Fsp3) is 0. The van der Waals surface area contributed by atoms with E-state index in [4.69, 9.17) is 0 Å². The minimum Gasteiger partial charge on any atom is -0.502 e. The van der Waals surface area contributed by atoms with Crippen molar-refractivity contribution in [3.8, 4) is 11.4 Å². The van der Waals surface area contributed by atoms with Gasteiger partial charge in [0.05, 0.1) is 16.3 Å². The first-order valence-corrected chi connectivity index (χ1v) is 11.1. The molecule has 0 fully saturated rings. The average molecular weight is 483 g/mol. The van der Waals surface area contributed by atoms with E-state index in [1.807, 2.05) is 6.07 Å². The van der Waals surface area contributed by atoms with Crippen LogP contribution in [0.1, 0.15) is 0 Å². The molecule has 9 heteroatoms. The van der Waals surface area contributed by atoms with E-state index in [1.54, 1.807) is 66.7 Å². The van der Waals surface area contributed by atoms with Gasteiger partial charge in [0, 0.05) is 4.47 Å². The smallest absolute Gasteiger partial charge is 0.229 e. The number of hydrogen-bond acceptors (Lipinski definition) is 6. The maximum atomic E-state index is 13.0. The molecule has 0 saturated carbocycles. The van der Waals surface area contributed by atoms with E-state index in [1.165, 1.54) is 16.8 Å². The van der Waals surface area contributed by atoms with E-state index < -0.39 is 20.6 Å². The molecule has 30 heavy (non-hydrogen) atoms. The molecular formula is C21H15BrN4O3S. The van der Waals surface area contributed by atoms with Crippen LogP contribution in [0.2, 0.25) is 0 Å². The van der Waals surface area contributed by atoms with Gasteiger partial charge in [-0.15, -0.1) is 15.3 Å². The highest BCUT2D eigenvalue weighted by molar-refractivity contribution is 9.10. The van der Waals surface area contributed by atoms with Crippen LogP contribution in [0.25, 0.3) is 5.69 Å². The van der Waals surface area contributed by atoms with Crippen LogP contribution in [-0.4, -0.2) is 23.3 Å². The van der Waals surface area contributed by atoms with Crippen molar-refractivity contribution in [1.82, 2.24) is 9.78 Å². The standard InChI is InChI=1S/C21H15BrN4O3S/c22-15-11-13-16(14-12-15)23-24-20-19(27)21(25-26(20)17-7-3-1-4-8-17)30(28,29)18-9-5-2-6-10-18/h1-14,27H. The maximum absolute atomic E-state index is 13.0. The molecule has 150 valence electrons. The molecule has 1 aromatic heterocycles. The van der Waals surface area contributed by atoms with Gasteiger partial charge in [-0.3, -0.25) is 0 Å². The van der Waals surface area contributed by atoms with Crippen LogP contribution in [-0.2, 0) is 9.84 Å². The zero-order valence-electron chi connectivity index (χ0n) is 15.4. The van der Waals surface area contributed by atoms with Crippen molar-refractivity contribution in [1.29, 1.82) is 0 Å². The van der Waals surface area contributed by atoms with Gasteiger partial charge in [0.25, 0.3) is 0 Å². The van der Waals surface area contributed by atoms with Gasteiger partial charge >= 0.3 is 0 Å². The van der Waals surface area contributed by atoms with Gasteiger partial charge < -0.3 is 5.11 Å². The van der Waals surface area contributed by atoms with E-state index in [2.05, 4.69) is 31.3 Å². The number of rotatable bonds is 5. The summed E-state index contributed by atoms with van der Waals surface area (Å²) in [6.07, 6.45) is 0. The Balaban J connectivity index is 1.87. The maximum Gasteiger partial charge on any atom is 0.229 e. The first-order valence-electron chi connectivity index (χ1n) is 8.81. The molecule has 0 aliphatic carbocycles. The monoisotopic (exact) mass is 482 g/mol. The van der Waals surface area contributed by atoms with E-state index in [9.17, 15) is 13.5 Å². The van der Waals surface area contributed by atoms with Gasteiger partial charge in [-0.05, 0) is 48.5 Å². The average Bonchev–Trinajstić information content (AvgIpc) is 3.11. The molecule has 0 saturated heterocycles. The van der Waals surface area contributed by atoms with Crippen molar-refractivity contribution in [3.05, 3.63) is 89.4 Å². The number of azo groups is 1. The topological polar surface area (TPSA) is 96.9 Å². The molecule has 0 atom stereocenters. The molecule has 4 rings (SSSR count). The third-order valence-corrected chi connectivity index (χ3v) is 6.41. The normalized spacial score (nSPS) is 11.8. The molecule has 0 unspecified atom stereocenters. The fourth-order valence-corrected chi connectivity index (χ4v) is 4.26. The number of nitrogens with zero attached hydrogens (tertiary/aromatic N) is 4. The number of aromatic nitrogens is 2. The lowest BCUT2D eigenvalue weighted by Gasteiger charge is -2.02. The van der Waals surface area contributed by atoms with E-state index in [0.717, 1.165) is 4.47 Å². The highest BCUT2D eigenvalue weighted by Gasteiger charge is 2.30. The molecule has 0 aliphatic rings. The van der Waals surface area contributed by atoms with Crippen molar-refractivity contribution in [3.63, 3.8) is 0 Å². The molecule has 0 aliphatic heterocycles. The third kappa shape index (κ3) is 3.89. The summed E-state index contributed by atoms with van der Waals surface area (Å²) >= 11 is 3.35. The molecule has 1 N–H and O–H groups in total. The van der Waals surface area contributed by atoms with Gasteiger partial charge in [0.1, 0.15) is 0 Å². The van der Waals surface area contributed by atoms with Crippen LogP contribution in [0, 0.1) is 0 Å². The third-order valence-electron chi connectivity index (χ3n) is 4.20. The lowest BCUT2D eigenvalue weighted by Crippen LogP contribution is -2.04. The lowest BCUT2D eigenvalue weighted by molar-refractivity contribution is 0.459. The van der Waals surface area contributed by atoms with Crippen LogP contribution >= 0.6 is 15.9 Å². The van der Waals surface area contributed by atoms with Crippen molar-refractivity contribution in [2.24, 2.45) is 10.2 Å². The highest BCUT2D eigenvalue weighted by atomic mass is 79.9. The van der Waals surface area contributed by atoms with Crippen LogP contribution in [0.4, 0.5) is 11.5 Å². The van der Waals surface area contributed by atoms with Crippen LogP contribution in [0.5, 0.6) is 5.75 Å². The van der Waals surface area contributed by atoms with Gasteiger partial charge in [-0.25, -0.2) is 13.1 Å². The van der Waals surface area contributed by atoms with E-state index in [0.29, 0.717) is 11.4 Å². The Morgan fingerprint density at radius 3 is 2.07 bits per heavy atom. The SMILES string of the molecule is O=S(=O)(c1ccccc1)c1nn(-c2ccccc2)c(N=Nc2ccc(Br)cc2)c1O. The first-order chi connectivity index (χ1) is 14.5. The number of benzene rings is 3. The molecule has 0 amide bonds. The quantitative estimate of drug-likeness (QED) is 0.375. The Labute approximate surface area is 181 Å². The fourth-order valence-electron chi connectivity index (χ4n) is 2.73. The zero-order chi connectivity index (χ0) is 21.1. The number of sulfone groups is 1. The van der Waals surface area contributed by atoms with Gasteiger partial charge in [0.2, 0.25) is 26.4 Å². The summed E-state index contributed by atoms with van der Waals surface area (Å²) in [7, 11) is -4.06. The minimum absolute atomic E-state index is 0.0226. The van der Waals surface area contributed by atoms with Crippen molar-refractivity contribution in [2.45, 2.75) is 9.92 Å². The predicted octanol–water partition coefficient (Wildman–Crippen LogP) is 5.59. The molecule has 0 radical (unpaired) electrons. The minimum atomic E-state index is -4.06. The number of aromatic hydroxyl groups is 1. The summed E-state index contributed by atoms with van der Waals surface area (Å²) in [5, 5.41) is 22.7. The van der Waals surface area contributed by atoms with Gasteiger partial charge in [-0.1, -0.05) is 52.3 Å². The highest BCUT2D eigenvalue weighted by Crippen LogP contribution is 2.38. The summed E-state index contributed by atoms with van der Waals surface area (Å²) in [6, 6.07) is 23.7. The summed E-state index contributed by atoms with van der Waals surface area (Å²) < 4.78 is 28.2. The van der Waals surface area contributed by atoms with E-state index >= 15 is 0 Å². The molecule has 3 aromatic carbocycles. The number of hydrogen-bond donors (Lipinski definition) is 1. The largest absolute Gasteiger partial charge is 0.502 e. The lowest BCUT2D eigenvalue weighted by atomic mass is 10.3. The van der Waals surface area contributed by atoms with Gasteiger partial charge in [0.15, 0.2) is 0 Å². The van der Waals surface area contributed by atoms with Crippen LogP contribution in [0.15, 0.2) is 110 Å². The van der Waals surface area contributed by atoms with Gasteiger partial charge in [-0.2, -0.15) is 0 Å². The number of para-hydroxylation sites is 1. The molecular weight excluding hydrogens is 468 g/mol. The van der Waals surface area contributed by atoms with Crippen molar-refractivity contribution in [2.75, 3.05) is 0 Å². The van der Waals surface area contributed by atoms with Crippen LogP contribution < -0.4 is 0 Å². The second-order valence-electron chi connectivity index (χ2n) is 6.22. The second-order valence-corrected chi connectivity index (χ2v) is 9.00. The molecule has 0 spiro atoms. The first kappa shape index (κ1) is 20.0. The van der Waals surface area contributed by atoms with Crippen molar-refractivity contribution >= 4 is 37.3 Å². The summed E-state index contributed by atoms with van der Waals surface area (Å²) in [4.78, 5) is 0.0226. The van der Waals surface area contributed by atoms with Crippen molar-refractivity contribution < 1.29 is 13.5 Å². The second kappa shape index (κ2) is 8.21. The Kier molecular flexibility index (Phi) is 5.47. The Hall–Kier alpha value is -3.30. The Bertz CT molecular complexity index is 1300. The number of halogens is 1. The molecule has 4 aromatic rings. The Morgan fingerprint density at radius 2 is 1.43 bits per heavy atom. The predicted molar refractivity (Wildman–Crippen MR) is 115 cm³/mol. The van der Waals surface area contributed by atoms with E-state index in [-0.39, 0.29) is 10.7 Å². The summed E-state index contributed by atoms with van der Waals surface area (Å²) in [5.41, 5.74) is 1.07. The zero-order valence-corrected chi connectivity index (χ0v) is 17.8. The summed E-state index contributed by atoms with van der Waals surface area (Å²) in [5.74, 6) is -0.651. The molecule has 1 heterocycles. The molecule has 0 bridgehead atoms. The van der Waals surface area contributed by atoms with Crippen LogP contribution in [0.3, 0.4) is 0 Å². The summed E-state index contributed by atoms with van der Waals surface area (Å²) in [6.45, 7) is 0.